The molecule has 2 aliphatic rings. The van der Waals surface area contributed by atoms with Gasteiger partial charge in [-0.05, 0) is 43.2 Å². The lowest BCUT2D eigenvalue weighted by Gasteiger charge is -2.28. The number of hydrogen-bond acceptors (Lipinski definition) is 4. The Morgan fingerprint density at radius 2 is 2.00 bits per heavy atom. The Balaban J connectivity index is 1.64. The zero-order valence-corrected chi connectivity index (χ0v) is 12.9. The first-order chi connectivity index (χ1) is 11.3. The highest BCUT2D eigenvalue weighted by Gasteiger charge is 2.30. The van der Waals surface area contributed by atoms with Crippen LogP contribution in [-0.2, 0) is 0 Å². The molecule has 1 fully saturated rings. The van der Waals surface area contributed by atoms with Crippen molar-refractivity contribution >= 4 is 5.91 Å². The molecule has 0 radical (unpaired) electrons. The van der Waals surface area contributed by atoms with E-state index >= 15 is 0 Å². The first-order valence-corrected chi connectivity index (χ1v) is 8.07. The van der Waals surface area contributed by atoms with Gasteiger partial charge in [0.2, 0.25) is 6.79 Å². The Kier molecular flexibility index (Phi) is 3.69. The normalized spacial score (nSPS) is 20.3. The summed E-state index contributed by atoms with van der Waals surface area (Å²) in [6, 6.07) is 9.22. The Labute approximate surface area is 134 Å². The lowest BCUT2D eigenvalue weighted by atomic mass is 10.1. The number of amides is 1. The molecule has 0 bridgehead atoms. The molecule has 23 heavy (non-hydrogen) atoms. The van der Waals surface area contributed by atoms with Crippen LogP contribution in [0.4, 0.5) is 0 Å². The van der Waals surface area contributed by atoms with Crippen LogP contribution in [0.5, 0.6) is 11.5 Å². The SMILES string of the molecule is O=C(c1ccc2c(c1)OCO2)N1CCCCC[C@@H]1c1ccco1. The maximum absolute atomic E-state index is 13.0. The summed E-state index contributed by atoms with van der Waals surface area (Å²) in [5.74, 6) is 2.22. The Morgan fingerprint density at radius 3 is 2.87 bits per heavy atom. The van der Waals surface area contributed by atoms with E-state index < -0.39 is 0 Å². The molecule has 5 nitrogen and oxygen atoms in total. The van der Waals surface area contributed by atoms with Gasteiger partial charge in [-0.25, -0.2) is 0 Å². The van der Waals surface area contributed by atoms with Crippen LogP contribution in [0.15, 0.2) is 41.0 Å². The molecule has 0 unspecified atom stereocenters. The molecule has 0 spiro atoms. The van der Waals surface area contributed by atoms with Gasteiger partial charge in [0.1, 0.15) is 5.76 Å². The van der Waals surface area contributed by atoms with Gasteiger partial charge in [-0.15, -0.1) is 0 Å². The molecule has 2 aliphatic heterocycles. The molecule has 1 atom stereocenters. The first-order valence-electron chi connectivity index (χ1n) is 8.07. The fourth-order valence-corrected chi connectivity index (χ4v) is 3.32. The van der Waals surface area contributed by atoms with Crippen molar-refractivity contribution in [1.82, 2.24) is 4.90 Å². The lowest BCUT2D eigenvalue weighted by Crippen LogP contribution is -2.34. The predicted molar refractivity (Wildman–Crippen MR) is 83.5 cm³/mol. The van der Waals surface area contributed by atoms with Gasteiger partial charge in [-0.1, -0.05) is 12.8 Å². The Morgan fingerprint density at radius 1 is 1.09 bits per heavy atom. The van der Waals surface area contributed by atoms with Crippen molar-refractivity contribution in [3.63, 3.8) is 0 Å². The van der Waals surface area contributed by atoms with E-state index in [0.29, 0.717) is 17.1 Å². The minimum Gasteiger partial charge on any atom is -0.467 e. The summed E-state index contributed by atoms with van der Waals surface area (Å²) in [4.78, 5) is 15.0. The molecule has 120 valence electrons. The van der Waals surface area contributed by atoms with Gasteiger partial charge in [-0.3, -0.25) is 4.79 Å². The number of benzene rings is 1. The third kappa shape index (κ3) is 2.67. The smallest absolute Gasteiger partial charge is 0.254 e. The van der Waals surface area contributed by atoms with Gasteiger partial charge in [0.05, 0.1) is 12.3 Å². The molecular formula is C18H19NO4. The second-order valence-electron chi connectivity index (χ2n) is 5.95. The summed E-state index contributed by atoms with van der Waals surface area (Å²) < 4.78 is 16.3. The van der Waals surface area contributed by atoms with Crippen molar-refractivity contribution < 1.29 is 18.7 Å². The van der Waals surface area contributed by atoms with Crippen LogP contribution < -0.4 is 9.47 Å². The fraction of sp³-hybridized carbons (Fsp3) is 0.389. The third-order valence-corrected chi connectivity index (χ3v) is 4.50. The number of ether oxygens (including phenoxy) is 2. The highest BCUT2D eigenvalue weighted by atomic mass is 16.7. The topological polar surface area (TPSA) is 51.9 Å². The van der Waals surface area contributed by atoms with E-state index in [1.54, 1.807) is 24.5 Å². The lowest BCUT2D eigenvalue weighted by molar-refractivity contribution is 0.0658. The van der Waals surface area contributed by atoms with Gasteiger partial charge in [-0.2, -0.15) is 0 Å². The Bertz CT molecular complexity index is 695. The maximum Gasteiger partial charge on any atom is 0.254 e. The number of likely N-dealkylation sites (tertiary alicyclic amines) is 1. The average molecular weight is 313 g/mol. The molecule has 1 saturated heterocycles. The standard InChI is InChI=1S/C18H19NO4/c20-18(13-7-8-16-17(11-13)23-12-22-16)19-9-3-1-2-5-14(19)15-6-4-10-21-15/h4,6-8,10-11,14H,1-3,5,9,12H2/t14-/m1/s1. The second-order valence-corrected chi connectivity index (χ2v) is 5.95. The largest absolute Gasteiger partial charge is 0.467 e. The monoisotopic (exact) mass is 313 g/mol. The summed E-state index contributed by atoms with van der Waals surface area (Å²) in [6.07, 6.45) is 5.87. The van der Waals surface area contributed by atoms with E-state index in [4.69, 9.17) is 13.9 Å². The summed E-state index contributed by atoms with van der Waals surface area (Å²) >= 11 is 0. The van der Waals surface area contributed by atoms with E-state index in [2.05, 4.69) is 0 Å². The van der Waals surface area contributed by atoms with Crippen LogP contribution in [0.3, 0.4) is 0 Å². The van der Waals surface area contributed by atoms with Gasteiger partial charge in [0, 0.05) is 12.1 Å². The molecule has 2 aromatic rings. The van der Waals surface area contributed by atoms with E-state index in [0.717, 1.165) is 38.0 Å². The van der Waals surface area contributed by atoms with Gasteiger partial charge in [0.15, 0.2) is 11.5 Å². The van der Waals surface area contributed by atoms with Gasteiger partial charge in [0.25, 0.3) is 5.91 Å². The summed E-state index contributed by atoms with van der Waals surface area (Å²) in [6.45, 7) is 0.963. The van der Waals surface area contributed by atoms with Crippen LogP contribution in [0.2, 0.25) is 0 Å². The van der Waals surface area contributed by atoms with Crippen molar-refractivity contribution in [3.8, 4) is 11.5 Å². The van der Waals surface area contributed by atoms with Crippen LogP contribution in [-0.4, -0.2) is 24.1 Å². The van der Waals surface area contributed by atoms with E-state index in [-0.39, 0.29) is 18.7 Å². The van der Waals surface area contributed by atoms with Crippen LogP contribution in [0.1, 0.15) is 47.8 Å². The number of rotatable bonds is 2. The first kappa shape index (κ1) is 14.2. The summed E-state index contributed by atoms with van der Waals surface area (Å²) in [5, 5.41) is 0. The number of furan rings is 1. The van der Waals surface area contributed by atoms with Crippen molar-refractivity contribution in [1.29, 1.82) is 0 Å². The quantitative estimate of drug-likeness (QED) is 0.847. The van der Waals surface area contributed by atoms with E-state index in [1.807, 2.05) is 17.0 Å². The maximum atomic E-state index is 13.0. The highest BCUT2D eigenvalue weighted by molar-refractivity contribution is 5.95. The molecule has 0 aliphatic carbocycles. The molecule has 0 saturated carbocycles. The summed E-state index contributed by atoms with van der Waals surface area (Å²) in [7, 11) is 0. The fourth-order valence-electron chi connectivity index (χ4n) is 3.32. The molecule has 5 heteroatoms. The third-order valence-electron chi connectivity index (χ3n) is 4.50. The predicted octanol–water partition coefficient (Wildman–Crippen LogP) is 3.77. The zero-order valence-electron chi connectivity index (χ0n) is 12.9. The highest BCUT2D eigenvalue weighted by Crippen LogP contribution is 2.35. The van der Waals surface area contributed by atoms with Crippen LogP contribution in [0, 0.1) is 0 Å². The minimum absolute atomic E-state index is 0.00502. The molecule has 1 amide bonds. The Hall–Kier alpha value is -2.43. The van der Waals surface area contributed by atoms with Gasteiger partial charge < -0.3 is 18.8 Å². The van der Waals surface area contributed by atoms with Gasteiger partial charge >= 0.3 is 0 Å². The van der Waals surface area contributed by atoms with E-state index in [9.17, 15) is 4.79 Å². The van der Waals surface area contributed by atoms with Crippen molar-refractivity contribution in [2.75, 3.05) is 13.3 Å². The molecular weight excluding hydrogens is 294 g/mol. The number of hydrogen-bond donors (Lipinski definition) is 0. The zero-order chi connectivity index (χ0) is 15.6. The molecule has 0 N–H and O–H groups in total. The molecule has 1 aromatic carbocycles. The van der Waals surface area contributed by atoms with Crippen molar-refractivity contribution in [2.24, 2.45) is 0 Å². The molecule has 4 rings (SSSR count). The average Bonchev–Trinajstić information content (AvgIpc) is 3.21. The van der Waals surface area contributed by atoms with E-state index in [1.165, 1.54) is 0 Å². The number of carbonyl (C=O) groups is 1. The van der Waals surface area contributed by atoms with Crippen LogP contribution >= 0.6 is 0 Å². The number of carbonyl (C=O) groups excluding carboxylic acids is 1. The second kappa shape index (κ2) is 5.99. The van der Waals surface area contributed by atoms with Crippen molar-refractivity contribution in [3.05, 3.63) is 47.9 Å². The minimum atomic E-state index is 0.00502. The number of nitrogens with zero attached hydrogens (tertiary/aromatic N) is 1. The number of fused-ring (bicyclic) bond motifs is 1. The molecule has 1 aromatic heterocycles. The molecule has 3 heterocycles. The van der Waals surface area contributed by atoms with Crippen molar-refractivity contribution in [2.45, 2.75) is 31.7 Å². The van der Waals surface area contributed by atoms with Crippen LogP contribution in [0.25, 0.3) is 0 Å². The summed E-state index contributed by atoms with van der Waals surface area (Å²) in [5.41, 5.74) is 0.632.